The molecule has 1 aliphatic heterocycles. The zero-order valence-corrected chi connectivity index (χ0v) is 15.6. The molecule has 0 aromatic heterocycles. The summed E-state index contributed by atoms with van der Waals surface area (Å²) in [7, 11) is 0. The van der Waals surface area contributed by atoms with Crippen LogP contribution in [0.4, 0.5) is 18.0 Å². The van der Waals surface area contributed by atoms with E-state index in [9.17, 15) is 22.8 Å². The molecule has 1 rings (SSSR count). The fourth-order valence-electron chi connectivity index (χ4n) is 2.11. The number of amides is 2. The van der Waals surface area contributed by atoms with Crippen molar-refractivity contribution in [3.8, 4) is 0 Å². The normalized spacial score (nSPS) is 17.0. The number of alkyl halides is 3. The van der Waals surface area contributed by atoms with Crippen LogP contribution < -0.4 is 16.8 Å². The summed E-state index contributed by atoms with van der Waals surface area (Å²) in [6.45, 7) is 5.55. The van der Waals surface area contributed by atoms with Gasteiger partial charge in [0, 0.05) is 26.2 Å². The molecule has 0 aliphatic carbocycles. The summed E-state index contributed by atoms with van der Waals surface area (Å²) in [5, 5.41) is 1.66. The van der Waals surface area contributed by atoms with Crippen molar-refractivity contribution in [3.05, 3.63) is 23.7 Å². The minimum atomic E-state index is -4.52. The summed E-state index contributed by atoms with van der Waals surface area (Å²) in [4.78, 5) is 26.8. The predicted molar refractivity (Wildman–Crippen MR) is 93.0 cm³/mol. The summed E-state index contributed by atoms with van der Waals surface area (Å²) >= 11 is 0. The molecule has 5 N–H and O–H groups in total. The molecule has 0 radical (unpaired) electrons. The molecule has 0 aromatic rings. The lowest BCUT2D eigenvalue weighted by Gasteiger charge is -2.36. The van der Waals surface area contributed by atoms with E-state index in [4.69, 9.17) is 16.2 Å². The third-order valence-electron chi connectivity index (χ3n) is 3.44. The second kappa shape index (κ2) is 8.87. The van der Waals surface area contributed by atoms with Gasteiger partial charge in [-0.25, -0.2) is 4.79 Å². The van der Waals surface area contributed by atoms with Gasteiger partial charge in [0.05, 0.1) is 11.5 Å². The zero-order chi connectivity index (χ0) is 20.8. The third-order valence-corrected chi connectivity index (χ3v) is 3.44. The van der Waals surface area contributed by atoms with Gasteiger partial charge in [-0.05, 0) is 32.9 Å². The topological polar surface area (TPSA) is 114 Å². The van der Waals surface area contributed by atoms with Gasteiger partial charge in [-0.1, -0.05) is 0 Å². The molecule has 27 heavy (non-hydrogen) atoms. The lowest BCUT2D eigenvalue weighted by Crippen LogP contribution is -2.50. The van der Waals surface area contributed by atoms with Crippen LogP contribution in [0.25, 0.3) is 0 Å². The molecule has 0 saturated carbocycles. The highest BCUT2D eigenvalue weighted by Crippen LogP contribution is 2.13. The molecule has 8 nitrogen and oxygen atoms in total. The first-order chi connectivity index (χ1) is 12.3. The number of rotatable bonds is 4. The van der Waals surface area contributed by atoms with Gasteiger partial charge in [0.25, 0.3) is 5.91 Å². The van der Waals surface area contributed by atoms with Gasteiger partial charge in [-0.15, -0.1) is 0 Å². The molecule has 154 valence electrons. The number of piperazine rings is 1. The molecule has 1 saturated heterocycles. The van der Waals surface area contributed by atoms with Crippen LogP contribution in [0, 0.1) is 0 Å². The number of nitrogens with two attached hydrogens (primary N) is 2. The standard InChI is InChI=1S/C16H26F3N5O3/c1-15(2,3)27-14(26)24-8-6-23(7-9-24)12(21)5-4-11(20)13(25)22-10-16(17,18)19/h4-5H,6-10,20-21H2,1-3H3,(H,22,25)/b11-4-,12-5+. The minimum Gasteiger partial charge on any atom is -0.444 e. The molecule has 2 amide bonds. The number of nitrogens with zero attached hydrogens (tertiary/aromatic N) is 2. The highest BCUT2D eigenvalue weighted by molar-refractivity contribution is 5.92. The largest absolute Gasteiger partial charge is 0.444 e. The van der Waals surface area contributed by atoms with Gasteiger partial charge >= 0.3 is 12.3 Å². The van der Waals surface area contributed by atoms with Gasteiger partial charge < -0.3 is 31.3 Å². The van der Waals surface area contributed by atoms with Crippen LogP contribution >= 0.6 is 0 Å². The number of nitrogens with one attached hydrogen (secondary N) is 1. The Kier molecular flexibility index (Phi) is 7.37. The number of carbonyl (C=O) groups excluding carboxylic acids is 2. The van der Waals surface area contributed by atoms with Crippen LogP contribution in [0.3, 0.4) is 0 Å². The molecule has 0 spiro atoms. The monoisotopic (exact) mass is 393 g/mol. The van der Waals surface area contributed by atoms with E-state index < -0.39 is 36.0 Å². The summed E-state index contributed by atoms with van der Waals surface area (Å²) in [6.07, 6.45) is -2.44. The first kappa shape index (κ1) is 22.5. The molecule has 0 atom stereocenters. The van der Waals surface area contributed by atoms with E-state index in [1.807, 2.05) is 0 Å². The summed E-state index contributed by atoms with van der Waals surface area (Å²) < 4.78 is 41.5. The third kappa shape index (κ3) is 8.56. The Bertz CT molecular complexity index is 603. The van der Waals surface area contributed by atoms with Crippen molar-refractivity contribution in [1.82, 2.24) is 15.1 Å². The van der Waals surface area contributed by atoms with Crippen LogP contribution in [-0.4, -0.2) is 66.3 Å². The van der Waals surface area contributed by atoms with E-state index in [1.165, 1.54) is 6.08 Å². The first-order valence-electron chi connectivity index (χ1n) is 8.29. The fraction of sp³-hybridized carbons (Fsp3) is 0.625. The lowest BCUT2D eigenvalue weighted by molar-refractivity contribution is -0.136. The highest BCUT2D eigenvalue weighted by Gasteiger charge is 2.28. The number of hydrogen-bond donors (Lipinski definition) is 3. The van der Waals surface area contributed by atoms with Gasteiger partial charge in [-0.2, -0.15) is 13.2 Å². The lowest BCUT2D eigenvalue weighted by atomic mass is 10.2. The molecule has 1 heterocycles. The maximum absolute atomic E-state index is 12.1. The Morgan fingerprint density at radius 1 is 1.04 bits per heavy atom. The van der Waals surface area contributed by atoms with Crippen molar-refractivity contribution >= 4 is 12.0 Å². The van der Waals surface area contributed by atoms with Crippen LogP contribution in [-0.2, 0) is 9.53 Å². The Morgan fingerprint density at radius 2 is 1.56 bits per heavy atom. The Morgan fingerprint density at radius 3 is 2.04 bits per heavy atom. The van der Waals surface area contributed by atoms with E-state index in [0.29, 0.717) is 26.2 Å². The predicted octanol–water partition coefficient (Wildman–Crippen LogP) is 0.860. The summed E-state index contributed by atoms with van der Waals surface area (Å²) in [6, 6.07) is 0. The number of halogens is 3. The number of ether oxygens (including phenoxy) is 1. The molecule has 11 heteroatoms. The van der Waals surface area contributed by atoms with Gasteiger partial charge in [-0.3, -0.25) is 4.79 Å². The first-order valence-corrected chi connectivity index (χ1v) is 8.29. The van der Waals surface area contributed by atoms with Gasteiger partial charge in [0.15, 0.2) is 0 Å². The van der Waals surface area contributed by atoms with Crippen molar-refractivity contribution in [3.63, 3.8) is 0 Å². The van der Waals surface area contributed by atoms with Crippen LogP contribution in [0.15, 0.2) is 23.7 Å². The van der Waals surface area contributed by atoms with E-state index in [0.717, 1.165) is 6.08 Å². The van der Waals surface area contributed by atoms with Crippen molar-refractivity contribution < 1.29 is 27.5 Å². The molecular formula is C16H26F3N5O3. The van der Waals surface area contributed by atoms with Crippen molar-refractivity contribution in [1.29, 1.82) is 0 Å². The van der Waals surface area contributed by atoms with Crippen LogP contribution in [0.5, 0.6) is 0 Å². The second-order valence-electron chi connectivity index (χ2n) is 6.97. The van der Waals surface area contributed by atoms with Crippen molar-refractivity contribution in [2.75, 3.05) is 32.7 Å². The summed E-state index contributed by atoms with van der Waals surface area (Å²) in [5.74, 6) is -0.753. The van der Waals surface area contributed by atoms with Crippen molar-refractivity contribution in [2.45, 2.75) is 32.5 Å². The van der Waals surface area contributed by atoms with Crippen molar-refractivity contribution in [2.24, 2.45) is 11.5 Å². The molecule has 0 aromatic carbocycles. The molecule has 0 bridgehead atoms. The van der Waals surface area contributed by atoms with E-state index in [-0.39, 0.29) is 5.82 Å². The Labute approximate surface area is 156 Å². The SMILES string of the molecule is CC(C)(C)OC(=O)N1CCN(/C(N)=C/C=C(\N)C(=O)NCC(F)(F)F)CC1. The second-order valence-corrected chi connectivity index (χ2v) is 6.97. The molecular weight excluding hydrogens is 367 g/mol. The quantitative estimate of drug-likeness (QED) is 0.482. The zero-order valence-electron chi connectivity index (χ0n) is 15.6. The number of hydrogen-bond acceptors (Lipinski definition) is 6. The molecule has 0 unspecified atom stereocenters. The van der Waals surface area contributed by atoms with Gasteiger partial charge in [0.2, 0.25) is 0 Å². The fourth-order valence-corrected chi connectivity index (χ4v) is 2.11. The average molecular weight is 393 g/mol. The maximum atomic E-state index is 12.1. The maximum Gasteiger partial charge on any atom is 0.410 e. The Hall–Kier alpha value is -2.59. The van der Waals surface area contributed by atoms with Gasteiger partial charge in [0.1, 0.15) is 12.1 Å². The van der Waals surface area contributed by atoms with Crippen LogP contribution in [0.1, 0.15) is 20.8 Å². The van der Waals surface area contributed by atoms with E-state index >= 15 is 0 Å². The molecule has 1 fully saturated rings. The highest BCUT2D eigenvalue weighted by atomic mass is 19.4. The smallest absolute Gasteiger partial charge is 0.410 e. The van der Waals surface area contributed by atoms with E-state index in [1.54, 1.807) is 35.9 Å². The van der Waals surface area contributed by atoms with E-state index in [2.05, 4.69) is 0 Å². The summed E-state index contributed by atoms with van der Waals surface area (Å²) in [5.41, 5.74) is 10.4. The average Bonchev–Trinajstić information content (AvgIpc) is 2.55. The minimum absolute atomic E-state index is 0.283. The number of allylic oxidation sites excluding steroid dienone is 2. The molecule has 1 aliphatic rings. The number of carbonyl (C=O) groups is 2. The van der Waals surface area contributed by atoms with Crippen LogP contribution in [0.2, 0.25) is 0 Å². The Balaban J connectivity index is 2.54.